The van der Waals surface area contributed by atoms with Crippen LogP contribution in [0.2, 0.25) is 0 Å². The number of carbonyl (C=O) groups excluding carboxylic acids is 1. The Morgan fingerprint density at radius 1 is 1.12 bits per heavy atom. The Morgan fingerprint density at radius 3 is 1.82 bits per heavy atom. The molecule has 17 heavy (non-hydrogen) atoms. The van der Waals surface area contributed by atoms with E-state index in [1.165, 1.54) is 0 Å². The molecular weight excluding hydrogens is 256 g/mol. The number of halogens is 6. The summed E-state index contributed by atoms with van der Waals surface area (Å²) in [5.41, 5.74) is -0.817. The molecule has 10 heteroatoms. The minimum Gasteiger partial charge on any atom is -0.350 e. The zero-order chi connectivity index (χ0) is 13.9. The molecule has 0 spiro atoms. The van der Waals surface area contributed by atoms with Crippen molar-refractivity contribution in [3.8, 4) is 0 Å². The van der Waals surface area contributed by atoms with Crippen LogP contribution in [0.5, 0.6) is 0 Å². The predicted octanol–water partition coefficient (Wildman–Crippen LogP) is 1.18. The van der Waals surface area contributed by atoms with Gasteiger partial charge in [-0.1, -0.05) is 6.58 Å². The Morgan fingerprint density at radius 2 is 1.53 bits per heavy atom. The van der Waals surface area contributed by atoms with Crippen molar-refractivity contribution in [3.05, 3.63) is 12.4 Å². The van der Waals surface area contributed by atoms with Crippen molar-refractivity contribution in [2.45, 2.75) is 24.8 Å². The van der Waals surface area contributed by atoms with E-state index in [0.29, 0.717) is 0 Å². The molecule has 0 bridgehead atoms. The van der Waals surface area contributed by atoms with Crippen molar-refractivity contribution in [2.75, 3.05) is 0 Å². The van der Waals surface area contributed by atoms with E-state index in [-0.39, 0.29) is 13.3 Å². The second-order valence-corrected chi connectivity index (χ2v) is 3.11. The average molecular weight is 265 g/mol. The summed E-state index contributed by atoms with van der Waals surface area (Å²) in [4.78, 5) is 9.78. The molecule has 0 fully saturated rings. The van der Waals surface area contributed by atoms with Crippen LogP contribution in [0.4, 0.5) is 26.3 Å². The maximum absolute atomic E-state index is 12.3. The SMILES string of the molecule is C=C(NNC=O)NC(C)(C(F)(F)F)C(F)(F)F. The first-order valence-electron chi connectivity index (χ1n) is 4.01. The first-order chi connectivity index (χ1) is 7.45. The molecule has 3 N–H and O–H groups in total. The Labute approximate surface area is 92.0 Å². The number of rotatable bonds is 5. The Bertz CT molecular complexity index is 283. The summed E-state index contributed by atoms with van der Waals surface area (Å²) in [6, 6.07) is 0. The van der Waals surface area contributed by atoms with Crippen LogP contribution in [-0.2, 0) is 4.79 Å². The lowest BCUT2D eigenvalue weighted by atomic mass is 10.0. The maximum Gasteiger partial charge on any atom is 0.420 e. The molecule has 0 atom stereocenters. The number of hydrazine groups is 1. The van der Waals surface area contributed by atoms with E-state index in [1.807, 2.05) is 0 Å². The summed E-state index contributed by atoms with van der Waals surface area (Å²) < 4.78 is 74.0. The second kappa shape index (κ2) is 4.72. The lowest BCUT2D eigenvalue weighted by molar-refractivity contribution is -0.299. The van der Waals surface area contributed by atoms with Crippen LogP contribution >= 0.6 is 0 Å². The van der Waals surface area contributed by atoms with Crippen LogP contribution in [0.3, 0.4) is 0 Å². The van der Waals surface area contributed by atoms with Crippen LogP contribution in [-0.4, -0.2) is 24.3 Å². The molecule has 0 radical (unpaired) electrons. The van der Waals surface area contributed by atoms with E-state index < -0.39 is 23.7 Å². The van der Waals surface area contributed by atoms with Crippen LogP contribution in [0.1, 0.15) is 6.92 Å². The van der Waals surface area contributed by atoms with Crippen LogP contribution in [0.15, 0.2) is 12.4 Å². The lowest BCUT2D eigenvalue weighted by Gasteiger charge is -2.35. The summed E-state index contributed by atoms with van der Waals surface area (Å²) >= 11 is 0. The van der Waals surface area contributed by atoms with Crippen molar-refractivity contribution in [1.82, 2.24) is 16.2 Å². The zero-order valence-electron chi connectivity index (χ0n) is 8.46. The minimum absolute atomic E-state index is 0.0192. The molecule has 0 aliphatic carbocycles. The molecule has 0 aromatic rings. The summed E-state index contributed by atoms with van der Waals surface area (Å²) in [7, 11) is 0. The number of nitrogens with one attached hydrogen (secondary N) is 3. The Balaban J connectivity index is 4.99. The molecule has 0 rings (SSSR count). The van der Waals surface area contributed by atoms with E-state index in [1.54, 1.807) is 10.9 Å². The molecule has 0 aliphatic rings. The van der Waals surface area contributed by atoms with Gasteiger partial charge in [-0.05, 0) is 6.92 Å². The van der Waals surface area contributed by atoms with Crippen molar-refractivity contribution in [1.29, 1.82) is 0 Å². The van der Waals surface area contributed by atoms with Gasteiger partial charge in [0, 0.05) is 0 Å². The van der Waals surface area contributed by atoms with Gasteiger partial charge in [-0.15, -0.1) is 0 Å². The van der Waals surface area contributed by atoms with Gasteiger partial charge in [0.25, 0.3) is 0 Å². The van der Waals surface area contributed by atoms with Gasteiger partial charge < -0.3 is 5.32 Å². The smallest absolute Gasteiger partial charge is 0.350 e. The Kier molecular flexibility index (Phi) is 4.27. The fraction of sp³-hybridized carbons (Fsp3) is 0.571. The Hall–Kier alpha value is -1.61. The van der Waals surface area contributed by atoms with Gasteiger partial charge in [-0.2, -0.15) is 26.3 Å². The van der Waals surface area contributed by atoms with Gasteiger partial charge in [0.2, 0.25) is 11.9 Å². The molecule has 0 unspecified atom stereocenters. The predicted molar refractivity (Wildman–Crippen MR) is 45.1 cm³/mol. The van der Waals surface area contributed by atoms with E-state index >= 15 is 0 Å². The highest BCUT2D eigenvalue weighted by Crippen LogP contribution is 2.42. The quantitative estimate of drug-likeness (QED) is 0.397. The van der Waals surface area contributed by atoms with Gasteiger partial charge in [-0.3, -0.25) is 15.6 Å². The average Bonchev–Trinajstić information content (AvgIpc) is 2.10. The third kappa shape index (κ3) is 3.43. The maximum atomic E-state index is 12.3. The molecule has 0 aliphatic heterocycles. The van der Waals surface area contributed by atoms with Crippen molar-refractivity contribution >= 4 is 6.41 Å². The normalized spacial score (nSPS) is 12.9. The molecule has 0 heterocycles. The standard InChI is InChI=1S/C7H9F6N3O/c1-4(16-14-3-17)15-5(2,6(8,9)10)7(11,12)13/h3,15-16H,1H2,2H3,(H,14,17). The summed E-state index contributed by atoms with van der Waals surface area (Å²) in [5, 5.41) is 1.13. The highest BCUT2D eigenvalue weighted by Gasteiger charge is 2.68. The molecule has 0 aromatic carbocycles. The minimum atomic E-state index is -5.59. The third-order valence-electron chi connectivity index (χ3n) is 1.82. The van der Waals surface area contributed by atoms with E-state index in [4.69, 9.17) is 0 Å². The van der Waals surface area contributed by atoms with Crippen LogP contribution in [0.25, 0.3) is 0 Å². The van der Waals surface area contributed by atoms with Gasteiger partial charge in [0.1, 0.15) is 5.82 Å². The molecular formula is C7H9F6N3O. The molecule has 1 amide bonds. The zero-order valence-corrected chi connectivity index (χ0v) is 8.46. The number of hydrogen-bond donors (Lipinski definition) is 3. The molecule has 4 nitrogen and oxygen atoms in total. The molecule has 0 aromatic heterocycles. The molecule has 0 saturated carbocycles. The summed E-state index contributed by atoms with van der Waals surface area (Å²) in [6.07, 6.45) is -11.2. The first-order valence-corrected chi connectivity index (χ1v) is 4.01. The van der Waals surface area contributed by atoms with Gasteiger partial charge in [0.15, 0.2) is 0 Å². The summed E-state index contributed by atoms with van der Waals surface area (Å²) in [6.45, 7) is 2.78. The number of alkyl halides is 6. The van der Waals surface area contributed by atoms with Crippen molar-refractivity contribution in [2.24, 2.45) is 0 Å². The first kappa shape index (κ1) is 15.4. The van der Waals surface area contributed by atoms with E-state index in [0.717, 1.165) is 5.32 Å². The topological polar surface area (TPSA) is 53.2 Å². The number of hydrogen-bond acceptors (Lipinski definition) is 3. The van der Waals surface area contributed by atoms with Crippen molar-refractivity contribution < 1.29 is 31.1 Å². The summed E-state index contributed by atoms with van der Waals surface area (Å²) in [5.74, 6) is -0.853. The van der Waals surface area contributed by atoms with Gasteiger partial charge in [0.05, 0.1) is 0 Å². The second-order valence-electron chi connectivity index (χ2n) is 3.11. The largest absolute Gasteiger partial charge is 0.420 e. The highest BCUT2D eigenvalue weighted by molar-refractivity contribution is 5.45. The molecule has 0 saturated heterocycles. The number of amides is 1. The van der Waals surface area contributed by atoms with Gasteiger partial charge in [-0.25, -0.2) is 0 Å². The fourth-order valence-electron chi connectivity index (χ4n) is 0.752. The lowest BCUT2D eigenvalue weighted by Crippen LogP contribution is -2.65. The monoisotopic (exact) mass is 265 g/mol. The number of carbonyl (C=O) groups is 1. The van der Waals surface area contributed by atoms with Crippen molar-refractivity contribution in [3.63, 3.8) is 0 Å². The van der Waals surface area contributed by atoms with Crippen LogP contribution in [0, 0.1) is 0 Å². The van der Waals surface area contributed by atoms with E-state index in [2.05, 4.69) is 6.58 Å². The van der Waals surface area contributed by atoms with E-state index in [9.17, 15) is 31.1 Å². The van der Waals surface area contributed by atoms with Gasteiger partial charge >= 0.3 is 12.4 Å². The fourth-order valence-corrected chi connectivity index (χ4v) is 0.752. The molecule has 100 valence electrons. The highest BCUT2D eigenvalue weighted by atomic mass is 19.4. The third-order valence-corrected chi connectivity index (χ3v) is 1.82. The van der Waals surface area contributed by atoms with Crippen LogP contribution < -0.4 is 16.2 Å².